The van der Waals surface area contributed by atoms with Crippen LogP contribution in [0.5, 0.6) is 0 Å². The van der Waals surface area contributed by atoms with Gasteiger partial charge in [0.05, 0.1) is 0 Å². The van der Waals surface area contributed by atoms with Crippen molar-refractivity contribution < 1.29 is 0 Å². The predicted octanol–water partition coefficient (Wildman–Crippen LogP) is 5.00. The molecule has 0 amide bonds. The van der Waals surface area contributed by atoms with E-state index < -0.39 is 0 Å². The molecule has 0 aromatic heterocycles. The normalized spacial score (nSPS) is 31.6. The lowest BCUT2D eigenvalue weighted by atomic mass is 9.69. The van der Waals surface area contributed by atoms with Crippen molar-refractivity contribution in [1.29, 1.82) is 0 Å². The molecule has 1 aromatic carbocycles. The monoisotopic (exact) mass is 271 g/mol. The fourth-order valence-corrected chi connectivity index (χ4v) is 4.33. The van der Waals surface area contributed by atoms with E-state index in [9.17, 15) is 0 Å². The number of benzene rings is 1. The van der Waals surface area contributed by atoms with Crippen molar-refractivity contribution >= 4 is 0 Å². The molecule has 0 aliphatic heterocycles. The van der Waals surface area contributed by atoms with Gasteiger partial charge in [0.2, 0.25) is 0 Å². The molecule has 0 saturated heterocycles. The number of nitrogens with one attached hydrogen (secondary N) is 1. The highest BCUT2D eigenvalue weighted by Crippen LogP contribution is 2.40. The van der Waals surface area contributed by atoms with Gasteiger partial charge in [-0.25, -0.2) is 0 Å². The number of fused-ring (bicyclic) bond motifs is 1. The van der Waals surface area contributed by atoms with Crippen LogP contribution in [0.2, 0.25) is 0 Å². The van der Waals surface area contributed by atoms with E-state index >= 15 is 0 Å². The highest BCUT2D eigenvalue weighted by Gasteiger charge is 2.32. The highest BCUT2D eigenvalue weighted by molar-refractivity contribution is 5.23. The van der Waals surface area contributed by atoms with Crippen molar-refractivity contribution in [1.82, 2.24) is 5.32 Å². The molecule has 2 aliphatic carbocycles. The zero-order valence-corrected chi connectivity index (χ0v) is 13.1. The van der Waals surface area contributed by atoms with Gasteiger partial charge < -0.3 is 5.32 Å². The Balaban J connectivity index is 1.56. The van der Waals surface area contributed by atoms with Crippen LogP contribution in [0.25, 0.3) is 0 Å². The third-order valence-corrected chi connectivity index (χ3v) is 5.60. The van der Waals surface area contributed by atoms with Gasteiger partial charge in [0.1, 0.15) is 0 Å². The van der Waals surface area contributed by atoms with Gasteiger partial charge in [0, 0.05) is 12.1 Å². The molecule has 0 radical (unpaired) electrons. The topological polar surface area (TPSA) is 12.0 Å². The molecule has 1 nitrogen and oxygen atoms in total. The molecule has 1 aromatic rings. The van der Waals surface area contributed by atoms with Gasteiger partial charge in [-0.15, -0.1) is 0 Å². The van der Waals surface area contributed by atoms with Gasteiger partial charge in [-0.2, -0.15) is 0 Å². The minimum Gasteiger partial charge on any atom is -0.307 e. The van der Waals surface area contributed by atoms with Crippen LogP contribution in [0.1, 0.15) is 69.0 Å². The van der Waals surface area contributed by atoms with E-state index in [0.29, 0.717) is 6.04 Å². The first-order chi connectivity index (χ1) is 9.72. The molecule has 2 saturated carbocycles. The Labute approximate surface area is 124 Å². The van der Waals surface area contributed by atoms with E-state index in [1.165, 1.54) is 56.1 Å². The van der Waals surface area contributed by atoms with E-state index in [-0.39, 0.29) is 0 Å². The number of aryl methyl sites for hydroxylation is 1. The van der Waals surface area contributed by atoms with Gasteiger partial charge in [-0.3, -0.25) is 0 Å². The summed E-state index contributed by atoms with van der Waals surface area (Å²) in [5.74, 6) is 2.07. The first-order valence-electron chi connectivity index (χ1n) is 8.55. The molecule has 4 unspecified atom stereocenters. The molecule has 0 spiro atoms. The molecule has 4 atom stereocenters. The van der Waals surface area contributed by atoms with Crippen LogP contribution < -0.4 is 5.32 Å². The number of rotatable bonds is 3. The molecule has 3 rings (SSSR count). The first-order valence-corrected chi connectivity index (χ1v) is 8.55. The van der Waals surface area contributed by atoms with Crippen molar-refractivity contribution in [3.05, 3.63) is 35.4 Å². The fraction of sp³-hybridized carbons (Fsp3) is 0.684. The summed E-state index contributed by atoms with van der Waals surface area (Å²) < 4.78 is 0. The van der Waals surface area contributed by atoms with Crippen LogP contribution in [0.3, 0.4) is 0 Å². The van der Waals surface area contributed by atoms with Gasteiger partial charge in [0.25, 0.3) is 0 Å². The number of hydrogen-bond donors (Lipinski definition) is 1. The fourth-order valence-electron chi connectivity index (χ4n) is 4.33. The second-order valence-corrected chi connectivity index (χ2v) is 7.11. The van der Waals surface area contributed by atoms with Gasteiger partial charge in [-0.1, -0.05) is 55.5 Å². The van der Waals surface area contributed by atoms with Gasteiger partial charge >= 0.3 is 0 Å². The van der Waals surface area contributed by atoms with Crippen molar-refractivity contribution in [3.63, 3.8) is 0 Å². The standard InChI is InChI=1S/C19H29N/c1-14-7-9-16(10-8-14)15(2)20-19-12-11-17-5-3-4-6-18(17)13-19/h7-10,15,17-20H,3-6,11-13H2,1-2H3. The lowest BCUT2D eigenvalue weighted by Crippen LogP contribution is -2.39. The molecule has 2 fully saturated rings. The Hall–Kier alpha value is -0.820. The summed E-state index contributed by atoms with van der Waals surface area (Å²) in [5.41, 5.74) is 2.78. The van der Waals surface area contributed by atoms with Crippen LogP contribution in [0, 0.1) is 18.8 Å². The van der Waals surface area contributed by atoms with Gasteiger partial charge in [0.15, 0.2) is 0 Å². The third kappa shape index (κ3) is 3.25. The third-order valence-electron chi connectivity index (χ3n) is 5.60. The maximum atomic E-state index is 3.89. The maximum Gasteiger partial charge on any atom is 0.0294 e. The second-order valence-electron chi connectivity index (χ2n) is 7.11. The van der Waals surface area contributed by atoms with Crippen LogP contribution in [0.15, 0.2) is 24.3 Å². The molecular weight excluding hydrogens is 242 g/mol. The van der Waals surface area contributed by atoms with Crippen LogP contribution in [-0.2, 0) is 0 Å². The Bertz CT molecular complexity index is 422. The predicted molar refractivity (Wildman–Crippen MR) is 85.8 cm³/mol. The van der Waals surface area contributed by atoms with E-state index in [2.05, 4.69) is 43.4 Å². The minimum atomic E-state index is 0.487. The lowest BCUT2D eigenvalue weighted by molar-refractivity contribution is 0.139. The Morgan fingerprint density at radius 2 is 1.65 bits per heavy atom. The molecule has 0 bridgehead atoms. The van der Waals surface area contributed by atoms with Crippen LogP contribution >= 0.6 is 0 Å². The Morgan fingerprint density at radius 1 is 0.950 bits per heavy atom. The van der Waals surface area contributed by atoms with Crippen LogP contribution in [-0.4, -0.2) is 6.04 Å². The Morgan fingerprint density at radius 3 is 2.40 bits per heavy atom. The van der Waals surface area contributed by atoms with E-state index in [1.807, 2.05) is 0 Å². The summed E-state index contributed by atoms with van der Waals surface area (Å²) in [6.45, 7) is 4.48. The van der Waals surface area contributed by atoms with Crippen LogP contribution in [0.4, 0.5) is 0 Å². The number of hydrogen-bond acceptors (Lipinski definition) is 1. The first kappa shape index (κ1) is 14.1. The van der Waals surface area contributed by atoms with E-state index in [4.69, 9.17) is 0 Å². The van der Waals surface area contributed by atoms with Crippen molar-refractivity contribution in [3.8, 4) is 0 Å². The van der Waals surface area contributed by atoms with Crippen molar-refractivity contribution in [2.75, 3.05) is 0 Å². The summed E-state index contributed by atoms with van der Waals surface area (Å²) in [7, 11) is 0. The van der Waals surface area contributed by atoms with Crippen molar-refractivity contribution in [2.24, 2.45) is 11.8 Å². The molecule has 1 heteroatoms. The summed E-state index contributed by atoms with van der Waals surface area (Å²) in [5, 5.41) is 3.89. The average molecular weight is 271 g/mol. The minimum absolute atomic E-state index is 0.487. The van der Waals surface area contributed by atoms with Gasteiger partial charge in [-0.05, 0) is 50.5 Å². The molecule has 20 heavy (non-hydrogen) atoms. The zero-order chi connectivity index (χ0) is 13.9. The summed E-state index contributed by atoms with van der Waals surface area (Å²) in [6, 6.07) is 10.2. The van der Waals surface area contributed by atoms with E-state index in [0.717, 1.165) is 17.9 Å². The smallest absolute Gasteiger partial charge is 0.0294 e. The maximum absolute atomic E-state index is 3.89. The molecule has 0 heterocycles. The van der Waals surface area contributed by atoms with Crippen molar-refractivity contribution in [2.45, 2.75) is 70.9 Å². The molecular formula is C19H29N. The highest BCUT2D eigenvalue weighted by atomic mass is 14.9. The summed E-state index contributed by atoms with van der Waals surface area (Å²) in [6.07, 6.45) is 10.2. The average Bonchev–Trinajstić information content (AvgIpc) is 2.48. The SMILES string of the molecule is Cc1ccc(C(C)NC2CCC3CCCCC3C2)cc1. The second kappa shape index (κ2) is 6.30. The zero-order valence-electron chi connectivity index (χ0n) is 13.1. The largest absolute Gasteiger partial charge is 0.307 e. The van der Waals surface area contributed by atoms with E-state index in [1.54, 1.807) is 0 Å². The molecule has 2 aliphatic rings. The Kier molecular flexibility index (Phi) is 4.45. The summed E-state index contributed by atoms with van der Waals surface area (Å²) >= 11 is 0. The lowest BCUT2D eigenvalue weighted by Gasteiger charge is -2.40. The quantitative estimate of drug-likeness (QED) is 0.815. The summed E-state index contributed by atoms with van der Waals surface area (Å²) in [4.78, 5) is 0. The molecule has 1 N–H and O–H groups in total. The molecule has 110 valence electrons.